The van der Waals surface area contributed by atoms with Gasteiger partial charge < -0.3 is 16.0 Å². The molecule has 1 aromatic heterocycles. The van der Waals surface area contributed by atoms with Crippen LogP contribution in [0, 0.1) is 0 Å². The van der Waals surface area contributed by atoms with Gasteiger partial charge in [-0.2, -0.15) is 0 Å². The third-order valence-electron chi connectivity index (χ3n) is 2.80. The highest BCUT2D eigenvalue weighted by molar-refractivity contribution is 6.03. The lowest BCUT2D eigenvalue weighted by Gasteiger charge is -2.09. The summed E-state index contributed by atoms with van der Waals surface area (Å²) in [5, 5.41) is 16.3. The summed E-state index contributed by atoms with van der Waals surface area (Å²) >= 11 is 0. The Kier molecular flexibility index (Phi) is 5.24. The Hall–Kier alpha value is -2.96. The number of amides is 2. The highest BCUT2D eigenvalue weighted by atomic mass is 16.2. The predicted molar refractivity (Wildman–Crippen MR) is 89.5 cm³/mol. The maximum absolute atomic E-state index is 12.1. The van der Waals surface area contributed by atoms with Gasteiger partial charge in [0.05, 0.1) is 0 Å². The van der Waals surface area contributed by atoms with Gasteiger partial charge in [0.2, 0.25) is 5.91 Å². The van der Waals surface area contributed by atoms with Gasteiger partial charge in [-0.25, -0.2) is 0 Å². The third kappa shape index (κ3) is 5.06. The molecule has 0 radical (unpaired) electrons. The second-order valence-electron chi connectivity index (χ2n) is 5.32. The lowest BCUT2D eigenvalue weighted by Crippen LogP contribution is -2.16. The number of rotatable bonds is 5. The van der Waals surface area contributed by atoms with E-state index in [2.05, 4.69) is 26.1 Å². The van der Waals surface area contributed by atoms with E-state index in [1.54, 1.807) is 36.4 Å². The van der Waals surface area contributed by atoms with Gasteiger partial charge in [-0.05, 0) is 50.2 Å². The van der Waals surface area contributed by atoms with E-state index >= 15 is 0 Å². The second-order valence-corrected chi connectivity index (χ2v) is 5.32. The van der Waals surface area contributed by atoms with Crippen LogP contribution in [-0.4, -0.2) is 28.1 Å². The average Bonchev–Trinajstić information content (AvgIpc) is 2.49. The molecule has 3 N–H and O–H groups in total. The van der Waals surface area contributed by atoms with Crippen LogP contribution in [0.1, 0.15) is 31.3 Å². The molecule has 2 amide bonds. The molecule has 2 rings (SSSR count). The molecule has 0 aliphatic rings. The first-order valence-electron chi connectivity index (χ1n) is 7.23. The van der Waals surface area contributed by atoms with Crippen molar-refractivity contribution in [2.75, 3.05) is 16.0 Å². The molecule has 2 aromatic rings. The van der Waals surface area contributed by atoms with Crippen LogP contribution in [0.4, 0.5) is 17.2 Å². The predicted octanol–water partition coefficient (Wildman–Crippen LogP) is 2.51. The van der Waals surface area contributed by atoms with E-state index in [4.69, 9.17) is 0 Å². The Morgan fingerprint density at radius 3 is 2.00 bits per heavy atom. The summed E-state index contributed by atoms with van der Waals surface area (Å²) in [6.07, 6.45) is 0. The Morgan fingerprint density at radius 2 is 1.52 bits per heavy atom. The van der Waals surface area contributed by atoms with Crippen molar-refractivity contribution in [3.05, 3.63) is 42.1 Å². The summed E-state index contributed by atoms with van der Waals surface area (Å²) in [5.74, 6) is 0.129. The second kappa shape index (κ2) is 7.35. The summed E-state index contributed by atoms with van der Waals surface area (Å²) in [6, 6.07) is 10.4. The molecule has 7 heteroatoms. The molecular formula is C16H19N5O2. The molecule has 1 aromatic carbocycles. The number of hydrogen-bond donors (Lipinski definition) is 3. The normalized spacial score (nSPS) is 10.3. The van der Waals surface area contributed by atoms with E-state index in [1.807, 2.05) is 13.8 Å². The highest BCUT2D eigenvalue weighted by Gasteiger charge is 2.09. The zero-order chi connectivity index (χ0) is 16.8. The van der Waals surface area contributed by atoms with Gasteiger partial charge in [-0.15, -0.1) is 10.2 Å². The van der Waals surface area contributed by atoms with E-state index in [1.165, 1.54) is 6.92 Å². The Bertz CT molecular complexity index is 681. The van der Waals surface area contributed by atoms with Crippen LogP contribution in [0.5, 0.6) is 0 Å². The Morgan fingerprint density at radius 1 is 0.913 bits per heavy atom. The monoisotopic (exact) mass is 313 g/mol. The summed E-state index contributed by atoms with van der Waals surface area (Å²) in [5.41, 5.74) is 1.50. The molecular weight excluding hydrogens is 294 g/mol. The number of carbonyl (C=O) groups is 2. The molecule has 0 spiro atoms. The molecule has 1 heterocycles. The van der Waals surface area contributed by atoms with Crippen molar-refractivity contribution in [1.29, 1.82) is 0 Å². The first-order valence-corrected chi connectivity index (χ1v) is 7.23. The van der Waals surface area contributed by atoms with E-state index in [9.17, 15) is 9.59 Å². The van der Waals surface area contributed by atoms with Gasteiger partial charge in [0.1, 0.15) is 5.82 Å². The van der Waals surface area contributed by atoms with Gasteiger partial charge in [-0.1, -0.05) is 0 Å². The minimum atomic E-state index is -0.346. The van der Waals surface area contributed by atoms with Gasteiger partial charge in [0.15, 0.2) is 5.69 Å². The Labute approximate surface area is 134 Å². The molecule has 0 bridgehead atoms. The number of anilines is 3. The highest BCUT2D eigenvalue weighted by Crippen LogP contribution is 2.14. The molecule has 7 nitrogen and oxygen atoms in total. The maximum atomic E-state index is 12.1. The van der Waals surface area contributed by atoms with Crippen molar-refractivity contribution < 1.29 is 9.59 Å². The van der Waals surface area contributed by atoms with E-state index < -0.39 is 0 Å². The molecule has 0 fully saturated rings. The van der Waals surface area contributed by atoms with Gasteiger partial charge in [-0.3, -0.25) is 9.59 Å². The molecule has 23 heavy (non-hydrogen) atoms. The smallest absolute Gasteiger partial charge is 0.276 e. The van der Waals surface area contributed by atoms with Crippen LogP contribution in [0.25, 0.3) is 0 Å². The van der Waals surface area contributed by atoms with E-state index in [0.29, 0.717) is 17.2 Å². The summed E-state index contributed by atoms with van der Waals surface area (Å²) in [6.45, 7) is 5.42. The third-order valence-corrected chi connectivity index (χ3v) is 2.80. The standard InChI is InChI=1S/C16H19N5O2/c1-10(2)17-15-9-8-14(20-21-15)16(23)19-13-6-4-12(5-7-13)18-11(3)22/h4-10H,1-3H3,(H,17,21)(H,18,22)(H,19,23). The van der Waals surface area contributed by atoms with Crippen LogP contribution < -0.4 is 16.0 Å². The van der Waals surface area contributed by atoms with Crippen molar-refractivity contribution in [2.45, 2.75) is 26.8 Å². The molecule has 0 atom stereocenters. The van der Waals surface area contributed by atoms with Gasteiger partial charge >= 0.3 is 0 Å². The van der Waals surface area contributed by atoms with Gasteiger partial charge in [0.25, 0.3) is 5.91 Å². The van der Waals surface area contributed by atoms with Crippen molar-refractivity contribution in [1.82, 2.24) is 10.2 Å². The van der Waals surface area contributed by atoms with Crippen molar-refractivity contribution in [2.24, 2.45) is 0 Å². The number of nitrogens with zero attached hydrogens (tertiary/aromatic N) is 2. The average molecular weight is 313 g/mol. The van der Waals surface area contributed by atoms with Crippen LogP contribution in [0.2, 0.25) is 0 Å². The topological polar surface area (TPSA) is 96.0 Å². The fraction of sp³-hybridized carbons (Fsp3) is 0.250. The minimum absolute atomic E-state index is 0.146. The van der Waals surface area contributed by atoms with Crippen LogP contribution >= 0.6 is 0 Å². The molecule has 0 saturated carbocycles. The SMILES string of the molecule is CC(=O)Nc1ccc(NC(=O)c2ccc(NC(C)C)nn2)cc1. The largest absolute Gasteiger partial charge is 0.366 e. The number of hydrogen-bond acceptors (Lipinski definition) is 5. The number of carbonyl (C=O) groups excluding carboxylic acids is 2. The van der Waals surface area contributed by atoms with E-state index in [0.717, 1.165) is 0 Å². The summed E-state index contributed by atoms with van der Waals surface area (Å²) < 4.78 is 0. The zero-order valence-electron chi connectivity index (χ0n) is 13.3. The summed E-state index contributed by atoms with van der Waals surface area (Å²) in [4.78, 5) is 23.1. The molecule has 0 aliphatic heterocycles. The van der Waals surface area contributed by atoms with Crippen LogP contribution in [-0.2, 0) is 4.79 Å². The molecule has 0 saturated heterocycles. The first kappa shape index (κ1) is 16.4. The fourth-order valence-electron chi connectivity index (χ4n) is 1.86. The van der Waals surface area contributed by atoms with Crippen molar-refractivity contribution in [3.8, 4) is 0 Å². The lowest BCUT2D eigenvalue weighted by molar-refractivity contribution is -0.114. The lowest BCUT2D eigenvalue weighted by atomic mass is 10.2. The van der Waals surface area contributed by atoms with Crippen molar-refractivity contribution in [3.63, 3.8) is 0 Å². The molecule has 0 aliphatic carbocycles. The minimum Gasteiger partial charge on any atom is -0.366 e. The maximum Gasteiger partial charge on any atom is 0.276 e. The van der Waals surface area contributed by atoms with Crippen molar-refractivity contribution >= 4 is 29.0 Å². The fourth-order valence-corrected chi connectivity index (χ4v) is 1.86. The summed E-state index contributed by atoms with van der Waals surface area (Å²) in [7, 11) is 0. The first-order chi connectivity index (χ1) is 10.9. The molecule has 0 unspecified atom stereocenters. The van der Waals surface area contributed by atoms with Crippen LogP contribution in [0.3, 0.4) is 0 Å². The van der Waals surface area contributed by atoms with Crippen LogP contribution in [0.15, 0.2) is 36.4 Å². The Balaban J connectivity index is 1.99. The zero-order valence-corrected chi connectivity index (χ0v) is 13.3. The molecule has 120 valence electrons. The number of benzene rings is 1. The quantitative estimate of drug-likeness (QED) is 0.788. The number of nitrogens with one attached hydrogen (secondary N) is 3. The van der Waals surface area contributed by atoms with E-state index in [-0.39, 0.29) is 23.6 Å². The van der Waals surface area contributed by atoms with Gasteiger partial charge in [0, 0.05) is 24.3 Å². The number of aromatic nitrogens is 2.